The summed E-state index contributed by atoms with van der Waals surface area (Å²) in [5.41, 5.74) is 5.41. The lowest BCUT2D eigenvalue weighted by Crippen LogP contribution is -2.63. The van der Waals surface area contributed by atoms with Crippen molar-refractivity contribution in [3.05, 3.63) is 69.2 Å². The molecule has 1 aromatic carbocycles. The molecule has 36 heavy (non-hydrogen) atoms. The fraction of sp³-hybridized carbons (Fsp3) is 0.370. The Balaban J connectivity index is 1.71. The number of aliphatic hydroxyl groups excluding tert-OH is 2. The number of Topliss-reactive ketones (excluding diaryl/α,β-unsaturated/α-hetero) is 2. The second-order valence-electron chi connectivity index (χ2n) is 10.3. The molecule has 1 amide bonds. The number of aliphatic hydroxyl groups is 3. The van der Waals surface area contributed by atoms with E-state index in [4.69, 9.17) is 5.73 Å². The number of primary amides is 1. The van der Waals surface area contributed by atoms with Crippen LogP contribution in [0.2, 0.25) is 0 Å². The summed E-state index contributed by atoms with van der Waals surface area (Å²) < 4.78 is 0. The van der Waals surface area contributed by atoms with Gasteiger partial charge in [-0.15, -0.1) is 0 Å². The second-order valence-corrected chi connectivity index (χ2v) is 10.3. The number of aromatic hydroxyl groups is 1. The molecule has 4 atom stereocenters. The van der Waals surface area contributed by atoms with E-state index in [1.54, 1.807) is 20.2 Å². The Labute approximate surface area is 207 Å². The molecule has 9 nitrogen and oxygen atoms in total. The molecule has 4 aliphatic rings. The number of hydrogen-bond acceptors (Lipinski definition) is 8. The predicted molar refractivity (Wildman–Crippen MR) is 130 cm³/mol. The van der Waals surface area contributed by atoms with Gasteiger partial charge < -0.3 is 26.2 Å². The standard InChI is InChI=1S/C27H28N2O7/c1-11-4-5-12(8-11)14-6-7-17(30)19-15(14)9-13-10-16-21(29(2)3)23(32)20(26(28)35)25(34)27(16,36)24(33)18(13)22(19)31/h4-7,13,16,21,30,32-33,36H,8-10H2,1-3H3,(H2,28,35)/t13-,16-,21-,27-/m1/s1. The Bertz CT molecular complexity index is 1380. The number of likely N-dealkylation sites (N-methyl/N-ethyl adjacent to an activating group) is 1. The summed E-state index contributed by atoms with van der Waals surface area (Å²) >= 11 is 0. The number of benzene rings is 1. The maximum atomic E-state index is 13.7. The molecule has 0 radical (unpaired) electrons. The van der Waals surface area contributed by atoms with E-state index in [2.05, 4.69) is 0 Å². The molecule has 0 aromatic heterocycles. The molecule has 0 aliphatic heterocycles. The highest BCUT2D eigenvalue weighted by atomic mass is 16.3. The number of amides is 1. The lowest BCUT2D eigenvalue weighted by molar-refractivity contribution is -0.148. The molecule has 5 rings (SSSR count). The third kappa shape index (κ3) is 3.06. The maximum Gasteiger partial charge on any atom is 0.255 e. The van der Waals surface area contributed by atoms with Crippen molar-refractivity contribution in [1.82, 2.24) is 4.90 Å². The van der Waals surface area contributed by atoms with Crippen molar-refractivity contribution in [2.24, 2.45) is 17.6 Å². The molecule has 0 saturated carbocycles. The normalized spacial score (nSPS) is 29.6. The zero-order chi connectivity index (χ0) is 26.3. The highest BCUT2D eigenvalue weighted by Gasteiger charge is 2.63. The third-order valence-electron chi connectivity index (χ3n) is 7.99. The molecular formula is C27H28N2O7. The Morgan fingerprint density at radius 1 is 1.14 bits per heavy atom. The zero-order valence-corrected chi connectivity index (χ0v) is 20.2. The van der Waals surface area contributed by atoms with E-state index in [-0.39, 0.29) is 29.7 Å². The topological polar surface area (TPSA) is 161 Å². The van der Waals surface area contributed by atoms with Crippen LogP contribution >= 0.6 is 0 Å². The Hall–Kier alpha value is -3.69. The van der Waals surface area contributed by atoms with Gasteiger partial charge in [-0.05, 0) is 69.0 Å². The lowest BCUT2D eigenvalue weighted by atomic mass is 9.58. The smallest absolute Gasteiger partial charge is 0.255 e. The minimum Gasteiger partial charge on any atom is -0.510 e. The van der Waals surface area contributed by atoms with Gasteiger partial charge in [0, 0.05) is 11.5 Å². The van der Waals surface area contributed by atoms with E-state index < -0.39 is 58.0 Å². The fourth-order valence-corrected chi connectivity index (χ4v) is 6.40. The summed E-state index contributed by atoms with van der Waals surface area (Å²) in [5, 5.41) is 44.4. The van der Waals surface area contributed by atoms with E-state index in [0.717, 1.165) is 16.7 Å². The first-order chi connectivity index (χ1) is 16.9. The van der Waals surface area contributed by atoms with Crippen LogP contribution in [0.25, 0.3) is 5.57 Å². The highest BCUT2D eigenvalue weighted by molar-refractivity contribution is 6.24. The van der Waals surface area contributed by atoms with Crippen LogP contribution in [0.1, 0.15) is 41.3 Å². The van der Waals surface area contributed by atoms with Gasteiger partial charge in [-0.1, -0.05) is 23.8 Å². The number of carbonyl (C=O) groups excluding carboxylic acids is 3. The molecule has 188 valence electrons. The quantitative estimate of drug-likeness (QED) is 0.400. The van der Waals surface area contributed by atoms with Gasteiger partial charge in [0.15, 0.2) is 11.4 Å². The summed E-state index contributed by atoms with van der Waals surface area (Å²) in [6, 6.07) is 2.19. The number of phenolic OH excluding ortho intramolecular Hbond substituents is 1. The Kier molecular flexibility index (Phi) is 5.28. The van der Waals surface area contributed by atoms with Crippen LogP contribution in [0.15, 0.2) is 52.5 Å². The number of carbonyl (C=O) groups is 3. The van der Waals surface area contributed by atoms with E-state index in [1.807, 2.05) is 19.1 Å². The van der Waals surface area contributed by atoms with Crippen molar-refractivity contribution < 1.29 is 34.8 Å². The zero-order valence-electron chi connectivity index (χ0n) is 20.2. The van der Waals surface area contributed by atoms with Crippen LogP contribution in [-0.4, -0.2) is 68.5 Å². The monoisotopic (exact) mass is 492 g/mol. The molecule has 0 fully saturated rings. The molecule has 0 saturated heterocycles. The fourth-order valence-electron chi connectivity index (χ4n) is 6.40. The minimum absolute atomic E-state index is 0.0266. The van der Waals surface area contributed by atoms with Gasteiger partial charge in [-0.2, -0.15) is 0 Å². The molecule has 0 spiro atoms. The first-order valence-electron chi connectivity index (χ1n) is 11.8. The first kappa shape index (κ1) is 24.0. The third-order valence-corrected chi connectivity index (χ3v) is 7.99. The average Bonchev–Trinajstić information content (AvgIpc) is 3.22. The van der Waals surface area contributed by atoms with Crippen molar-refractivity contribution in [2.45, 2.75) is 37.8 Å². The number of rotatable bonds is 3. The van der Waals surface area contributed by atoms with E-state index in [0.29, 0.717) is 12.0 Å². The van der Waals surface area contributed by atoms with Crippen LogP contribution in [0.3, 0.4) is 0 Å². The van der Waals surface area contributed by atoms with Crippen LogP contribution in [0, 0.1) is 11.8 Å². The van der Waals surface area contributed by atoms with Crippen LogP contribution in [0.5, 0.6) is 5.75 Å². The number of nitrogens with two attached hydrogens (primary N) is 1. The van der Waals surface area contributed by atoms with Gasteiger partial charge >= 0.3 is 0 Å². The molecule has 4 aliphatic carbocycles. The van der Waals surface area contributed by atoms with Gasteiger partial charge in [0.2, 0.25) is 5.78 Å². The number of nitrogens with zero attached hydrogens (tertiary/aromatic N) is 1. The van der Waals surface area contributed by atoms with Crippen molar-refractivity contribution in [2.75, 3.05) is 14.1 Å². The summed E-state index contributed by atoms with van der Waals surface area (Å²) in [6.45, 7) is 2.00. The number of allylic oxidation sites excluding steroid dienone is 5. The van der Waals surface area contributed by atoms with Crippen LogP contribution < -0.4 is 5.73 Å². The highest BCUT2D eigenvalue weighted by Crippen LogP contribution is 2.53. The van der Waals surface area contributed by atoms with Crippen molar-refractivity contribution in [1.29, 1.82) is 0 Å². The Morgan fingerprint density at radius 2 is 1.83 bits per heavy atom. The Morgan fingerprint density at radius 3 is 2.42 bits per heavy atom. The first-order valence-corrected chi connectivity index (χ1v) is 11.8. The van der Waals surface area contributed by atoms with Gasteiger partial charge in [-0.3, -0.25) is 19.3 Å². The maximum absolute atomic E-state index is 13.7. The van der Waals surface area contributed by atoms with Gasteiger partial charge in [0.1, 0.15) is 22.8 Å². The molecular weight excluding hydrogens is 464 g/mol. The lowest BCUT2D eigenvalue weighted by Gasteiger charge is -2.50. The summed E-state index contributed by atoms with van der Waals surface area (Å²) in [7, 11) is 3.21. The SMILES string of the molecule is CC1=CC=C(c2ccc(O)c3c2C[C@@H]2C[C@@H]4[C@@H](N(C)C)C(O)=C(C(N)=O)C(=O)[C@]4(O)C(O)=C2C3=O)C1. The van der Waals surface area contributed by atoms with Crippen LogP contribution in [0.4, 0.5) is 0 Å². The summed E-state index contributed by atoms with van der Waals surface area (Å²) in [6.07, 6.45) is 5.02. The molecule has 1 aromatic rings. The summed E-state index contributed by atoms with van der Waals surface area (Å²) in [4.78, 5) is 40.6. The predicted octanol–water partition coefficient (Wildman–Crippen LogP) is 1.85. The molecule has 0 heterocycles. The molecule has 9 heteroatoms. The van der Waals surface area contributed by atoms with Crippen molar-refractivity contribution in [3.8, 4) is 5.75 Å². The van der Waals surface area contributed by atoms with Crippen LogP contribution in [-0.2, 0) is 16.0 Å². The van der Waals surface area contributed by atoms with Gasteiger partial charge in [0.05, 0.1) is 11.6 Å². The molecule has 0 bridgehead atoms. The number of hydrogen-bond donors (Lipinski definition) is 5. The van der Waals surface area contributed by atoms with E-state index in [1.165, 1.54) is 11.0 Å². The summed E-state index contributed by atoms with van der Waals surface area (Å²) in [5.74, 6) is -6.49. The van der Waals surface area contributed by atoms with E-state index in [9.17, 15) is 34.8 Å². The van der Waals surface area contributed by atoms with Gasteiger partial charge in [-0.25, -0.2) is 0 Å². The second kappa shape index (κ2) is 7.91. The molecule has 6 N–H and O–H groups in total. The number of ketones is 2. The largest absolute Gasteiger partial charge is 0.510 e. The van der Waals surface area contributed by atoms with Crippen molar-refractivity contribution >= 4 is 23.0 Å². The van der Waals surface area contributed by atoms with Gasteiger partial charge in [0.25, 0.3) is 5.91 Å². The minimum atomic E-state index is -2.63. The number of phenols is 1. The average molecular weight is 493 g/mol. The van der Waals surface area contributed by atoms with Crippen molar-refractivity contribution in [3.63, 3.8) is 0 Å². The van der Waals surface area contributed by atoms with E-state index >= 15 is 0 Å². The molecule has 0 unspecified atom stereocenters. The number of fused-ring (bicyclic) bond motifs is 3.